The second-order valence-corrected chi connectivity index (χ2v) is 4.95. The molecule has 0 aliphatic rings. The molecule has 0 bridgehead atoms. The van der Waals surface area contributed by atoms with Gasteiger partial charge in [-0.1, -0.05) is 6.07 Å². The lowest BCUT2D eigenvalue weighted by Gasteiger charge is -2.12. The quantitative estimate of drug-likeness (QED) is 0.772. The molecule has 0 aliphatic heterocycles. The third kappa shape index (κ3) is 2.68. The lowest BCUT2D eigenvalue weighted by Crippen LogP contribution is -2.28. The first-order valence-electron chi connectivity index (χ1n) is 6.70. The topological polar surface area (TPSA) is 67.4 Å². The number of hydrogen-bond donors (Lipinski definition) is 2. The highest BCUT2D eigenvalue weighted by atomic mass is 16.3. The molecule has 5 nitrogen and oxygen atoms in total. The standard InChI is InChI=1S/C16H16N2O3/c1-18-7-6-11-9-12(4-5-13(11)18)14(19)10-17-16(20)15-3-2-8-21-15/h2-9,14,19H,10H2,1H3,(H,17,20)/t14-/m0/s1. The van der Waals surface area contributed by atoms with Crippen LogP contribution in [0.5, 0.6) is 0 Å². The monoisotopic (exact) mass is 284 g/mol. The smallest absolute Gasteiger partial charge is 0.287 e. The number of aliphatic hydroxyl groups is 1. The Balaban J connectivity index is 1.69. The summed E-state index contributed by atoms with van der Waals surface area (Å²) >= 11 is 0. The number of fused-ring (bicyclic) bond motifs is 1. The van der Waals surface area contributed by atoms with Gasteiger partial charge in [0.25, 0.3) is 5.91 Å². The van der Waals surface area contributed by atoms with E-state index in [1.54, 1.807) is 12.1 Å². The molecule has 0 fully saturated rings. The Bertz CT molecular complexity index is 759. The van der Waals surface area contributed by atoms with Crippen molar-refractivity contribution in [1.82, 2.24) is 9.88 Å². The molecule has 1 atom stereocenters. The highest BCUT2D eigenvalue weighted by Gasteiger charge is 2.13. The van der Waals surface area contributed by atoms with Crippen molar-refractivity contribution in [1.29, 1.82) is 0 Å². The van der Waals surface area contributed by atoms with Crippen LogP contribution in [0.4, 0.5) is 0 Å². The van der Waals surface area contributed by atoms with Crippen LogP contribution >= 0.6 is 0 Å². The summed E-state index contributed by atoms with van der Waals surface area (Å²) in [4.78, 5) is 11.7. The number of carbonyl (C=O) groups excluding carboxylic acids is 1. The lowest BCUT2D eigenvalue weighted by molar-refractivity contribution is 0.0889. The molecule has 0 unspecified atom stereocenters. The van der Waals surface area contributed by atoms with E-state index < -0.39 is 6.10 Å². The molecule has 0 saturated carbocycles. The minimum Gasteiger partial charge on any atom is -0.459 e. The van der Waals surface area contributed by atoms with Gasteiger partial charge in [-0.25, -0.2) is 0 Å². The summed E-state index contributed by atoms with van der Waals surface area (Å²) in [5.41, 5.74) is 1.87. The van der Waals surface area contributed by atoms with Gasteiger partial charge in [-0.05, 0) is 41.3 Å². The Hall–Kier alpha value is -2.53. The first-order chi connectivity index (χ1) is 10.1. The number of nitrogens with one attached hydrogen (secondary N) is 1. The summed E-state index contributed by atoms with van der Waals surface area (Å²) in [6.45, 7) is 0.137. The molecule has 108 valence electrons. The molecular weight excluding hydrogens is 268 g/mol. The Morgan fingerprint density at radius 3 is 3.00 bits per heavy atom. The Morgan fingerprint density at radius 2 is 2.24 bits per heavy atom. The average molecular weight is 284 g/mol. The maximum absolute atomic E-state index is 11.7. The number of aliphatic hydroxyl groups excluding tert-OH is 1. The van der Waals surface area contributed by atoms with E-state index in [4.69, 9.17) is 4.42 Å². The molecule has 0 spiro atoms. The number of furan rings is 1. The van der Waals surface area contributed by atoms with Gasteiger partial charge in [0.1, 0.15) is 0 Å². The predicted molar refractivity (Wildman–Crippen MR) is 78.9 cm³/mol. The van der Waals surface area contributed by atoms with Gasteiger partial charge in [0.15, 0.2) is 5.76 Å². The van der Waals surface area contributed by atoms with Crippen molar-refractivity contribution in [2.24, 2.45) is 7.05 Å². The largest absolute Gasteiger partial charge is 0.459 e. The molecule has 2 aromatic heterocycles. The summed E-state index contributed by atoms with van der Waals surface area (Å²) in [5, 5.41) is 13.9. The summed E-state index contributed by atoms with van der Waals surface area (Å²) in [5.74, 6) is -0.0967. The summed E-state index contributed by atoms with van der Waals surface area (Å²) < 4.78 is 7.02. The SMILES string of the molecule is Cn1ccc2cc([C@@H](O)CNC(=O)c3ccco3)ccc21. The maximum Gasteiger partial charge on any atom is 0.287 e. The van der Waals surface area contributed by atoms with Crippen LogP contribution in [0.3, 0.4) is 0 Å². The minimum absolute atomic E-state index is 0.137. The summed E-state index contributed by atoms with van der Waals surface area (Å²) in [7, 11) is 1.97. The zero-order chi connectivity index (χ0) is 14.8. The third-order valence-corrected chi connectivity index (χ3v) is 3.49. The number of amides is 1. The zero-order valence-electron chi connectivity index (χ0n) is 11.6. The average Bonchev–Trinajstić information content (AvgIpc) is 3.14. The lowest BCUT2D eigenvalue weighted by atomic mass is 10.1. The molecular formula is C16H16N2O3. The van der Waals surface area contributed by atoms with Crippen LogP contribution in [-0.2, 0) is 7.05 Å². The minimum atomic E-state index is -0.756. The molecule has 2 heterocycles. The number of aromatic nitrogens is 1. The number of rotatable bonds is 4. The van der Waals surface area contributed by atoms with E-state index >= 15 is 0 Å². The van der Waals surface area contributed by atoms with Crippen molar-refractivity contribution in [3.63, 3.8) is 0 Å². The molecule has 3 aromatic rings. The van der Waals surface area contributed by atoms with E-state index in [9.17, 15) is 9.90 Å². The van der Waals surface area contributed by atoms with E-state index in [1.165, 1.54) is 6.26 Å². The summed E-state index contributed by atoms with van der Waals surface area (Å²) in [6.07, 6.45) is 2.65. The third-order valence-electron chi connectivity index (χ3n) is 3.49. The molecule has 0 radical (unpaired) electrons. The molecule has 2 N–H and O–H groups in total. The Kier molecular flexibility index (Phi) is 3.50. The fourth-order valence-electron chi connectivity index (χ4n) is 2.31. The van der Waals surface area contributed by atoms with Gasteiger partial charge in [0, 0.05) is 25.3 Å². The van der Waals surface area contributed by atoms with Gasteiger partial charge in [-0.15, -0.1) is 0 Å². The van der Waals surface area contributed by atoms with Crippen LogP contribution in [-0.4, -0.2) is 22.1 Å². The van der Waals surface area contributed by atoms with Gasteiger partial charge in [0.05, 0.1) is 12.4 Å². The second-order valence-electron chi connectivity index (χ2n) is 4.95. The predicted octanol–water partition coefficient (Wildman–Crippen LogP) is 2.23. The molecule has 1 amide bonds. The zero-order valence-corrected chi connectivity index (χ0v) is 11.6. The number of carbonyl (C=O) groups is 1. The van der Waals surface area contributed by atoms with Crippen molar-refractivity contribution in [2.75, 3.05) is 6.54 Å². The van der Waals surface area contributed by atoms with E-state index in [2.05, 4.69) is 5.32 Å². The maximum atomic E-state index is 11.7. The van der Waals surface area contributed by atoms with Crippen molar-refractivity contribution < 1.29 is 14.3 Å². The molecule has 5 heteroatoms. The van der Waals surface area contributed by atoms with Crippen LogP contribution < -0.4 is 5.32 Å². The normalized spacial score (nSPS) is 12.5. The second kappa shape index (κ2) is 5.46. The molecule has 21 heavy (non-hydrogen) atoms. The van der Waals surface area contributed by atoms with Gasteiger partial charge < -0.3 is 19.4 Å². The van der Waals surface area contributed by atoms with Gasteiger partial charge in [-0.2, -0.15) is 0 Å². The van der Waals surface area contributed by atoms with Crippen LogP contribution in [0.2, 0.25) is 0 Å². The van der Waals surface area contributed by atoms with Crippen molar-refractivity contribution in [3.8, 4) is 0 Å². The van der Waals surface area contributed by atoms with E-state index in [-0.39, 0.29) is 18.2 Å². The van der Waals surface area contributed by atoms with E-state index in [0.29, 0.717) is 0 Å². The van der Waals surface area contributed by atoms with Crippen molar-refractivity contribution in [2.45, 2.75) is 6.10 Å². The highest BCUT2D eigenvalue weighted by Crippen LogP contribution is 2.20. The van der Waals surface area contributed by atoms with Crippen LogP contribution in [0.15, 0.2) is 53.3 Å². The first kappa shape index (κ1) is 13.5. The van der Waals surface area contributed by atoms with Gasteiger partial charge in [0.2, 0.25) is 0 Å². The van der Waals surface area contributed by atoms with Gasteiger partial charge >= 0.3 is 0 Å². The summed E-state index contributed by atoms with van der Waals surface area (Å²) in [6, 6.07) is 11.0. The molecule has 1 aromatic carbocycles. The number of hydrogen-bond acceptors (Lipinski definition) is 3. The number of benzene rings is 1. The number of aryl methyl sites for hydroxylation is 1. The molecule has 0 saturated heterocycles. The molecule has 3 rings (SSSR count). The fourth-order valence-corrected chi connectivity index (χ4v) is 2.31. The van der Waals surface area contributed by atoms with Crippen LogP contribution in [0.25, 0.3) is 10.9 Å². The first-order valence-corrected chi connectivity index (χ1v) is 6.70. The van der Waals surface area contributed by atoms with Crippen LogP contribution in [0.1, 0.15) is 22.2 Å². The van der Waals surface area contributed by atoms with Gasteiger partial charge in [-0.3, -0.25) is 4.79 Å². The van der Waals surface area contributed by atoms with Crippen molar-refractivity contribution >= 4 is 16.8 Å². The van der Waals surface area contributed by atoms with Crippen molar-refractivity contribution in [3.05, 3.63) is 60.2 Å². The Morgan fingerprint density at radius 1 is 1.38 bits per heavy atom. The number of nitrogens with zero attached hydrogens (tertiary/aromatic N) is 1. The fraction of sp³-hybridized carbons (Fsp3) is 0.188. The Labute approximate surface area is 121 Å². The van der Waals surface area contributed by atoms with E-state index in [0.717, 1.165) is 16.5 Å². The van der Waals surface area contributed by atoms with Crippen LogP contribution in [0, 0.1) is 0 Å². The highest BCUT2D eigenvalue weighted by molar-refractivity contribution is 5.91. The van der Waals surface area contributed by atoms with E-state index in [1.807, 2.05) is 42.1 Å². The molecule has 0 aliphatic carbocycles.